The molecular weight excluding hydrogens is 314 g/mol. The van der Waals surface area contributed by atoms with Crippen molar-refractivity contribution in [2.45, 2.75) is 64.5 Å². The van der Waals surface area contributed by atoms with Gasteiger partial charge in [-0.05, 0) is 57.5 Å². The van der Waals surface area contributed by atoms with E-state index in [1.807, 2.05) is 6.92 Å². The zero-order valence-electron chi connectivity index (χ0n) is 14.3. The number of primary sulfonamides is 1. The number of nitrogens with zero attached hydrogens (tertiary/aromatic N) is 1. The van der Waals surface area contributed by atoms with E-state index < -0.39 is 10.0 Å². The van der Waals surface area contributed by atoms with Crippen LogP contribution in [0.3, 0.4) is 0 Å². The van der Waals surface area contributed by atoms with Crippen LogP contribution in [0.5, 0.6) is 0 Å². The highest BCUT2D eigenvalue weighted by Gasteiger charge is 2.30. The number of amides is 1. The number of sulfonamides is 1. The Kier molecular flexibility index (Phi) is 6.45. The molecule has 0 radical (unpaired) electrons. The second-order valence-electron chi connectivity index (χ2n) is 7.36. The summed E-state index contributed by atoms with van der Waals surface area (Å²) in [6.07, 6.45) is 6.30. The van der Waals surface area contributed by atoms with Crippen LogP contribution in [-0.2, 0) is 14.8 Å². The van der Waals surface area contributed by atoms with Gasteiger partial charge in [0.15, 0.2) is 0 Å². The van der Waals surface area contributed by atoms with Gasteiger partial charge in [0.25, 0.3) is 0 Å². The fourth-order valence-corrected chi connectivity index (χ4v) is 4.83. The van der Waals surface area contributed by atoms with E-state index in [0.29, 0.717) is 12.0 Å². The lowest BCUT2D eigenvalue weighted by Crippen LogP contribution is -2.52. The number of carbonyl (C=O) groups excluding carboxylic acids is 1. The van der Waals surface area contributed by atoms with Crippen LogP contribution >= 0.6 is 0 Å². The maximum Gasteiger partial charge on any atom is 0.237 e. The first-order valence-electron chi connectivity index (χ1n) is 8.81. The highest BCUT2D eigenvalue weighted by molar-refractivity contribution is 7.89. The molecule has 3 atom stereocenters. The van der Waals surface area contributed by atoms with Crippen LogP contribution in [0.15, 0.2) is 0 Å². The molecule has 1 saturated carbocycles. The first-order valence-corrected chi connectivity index (χ1v) is 10.5. The van der Waals surface area contributed by atoms with Crippen LogP contribution < -0.4 is 10.5 Å². The molecule has 1 heterocycles. The Bertz CT molecular complexity index is 501. The van der Waals surface area contributed by atoms with E-state index in [4.69, 9.17) is 5.14 Å². The van der Waals surface area contributed by atoms with E-state index in [2.05, 4.69) is 17.1 Å². The standard InChI is InChI=1S/C16H31N3O3S/c1-12-5-3-4-6-15(12)18-16(20)13(2)19-9-7-14(8-10-19)11-23(17,21)22/h12-15H,3-11H2,1-2H3,(H,18,20)(H2,17,21,22). The van der Waals surface area contributed by atoms with Gasteiger partial charge in [-0.1, -0.05) is 19.8 Å². The van der Waals surface area contributed by atoms with Gasteiger partial charge >= 0.3 is 0 Å². The van der Waals surface area contributed by atoms with Crippen molar-refractivity contribution < 1.29 is 13.2 Å². The Labute approximate surface area is 140 Å². The van der Waals surface area contributed by atoms with E-state index in [1.165, 1.54) is 19.3 Å². The van der Waals surface area contributed by atoms with Crippen molar-refractivity contribution in [2.75, 3.05) is 18.8 Å². The van der Waals surface area contributed by atoms with Gasteiger partial charge in [0, 0.05) is 6.04 Å². The Morgan fingerprint density at radius 3 is 2.39 bits per heavy atom. The molecule has 23 heavy (non-hydrogen) atoms. The molecule has 134 valence electrons. The summed E-state index contributed by atoms with van der Waals surface area (Å²) in [5, 5.41) is 8.34. The minimum absolute atomic E-state index is 0.0566. The molecule has 7 heteroatoms. The average molecular weight is 346 g/mol. The van der Waals surface area contributed by atoms with Crippen molar-refractivity contribution >= 4 is 15.9 Å². The molecule has 1 amide bonds. The number of hydrogen-bond donors (Lipinski definition) is 2. The largest absolute Gasteiger partial charge is 0.352 e. The zero-order chi connectivity index (χ0) is 17.0. The minimum atomic E-state index is -3.40. The van der Waals surface area contributed by atoms with E-state index in [0.717, 1.165) is 32.4 Å². The highest BCUT2D eigenvalue weighted by Crippen LogP contribution is 2.24. The fourth-order valence-electron chi connectivity index (χ4n) is 3.84. The molecule has 3 unspecified atom stereocenters. The number of nitrogens with two attached hydrogens (primary N) is 1. The van der Waals surface area contributed by atoms with Gasteiger partial charge in [-0.3, -0.25) is 9.69 Å². The van der Waals surface area contributed by atoms with Gasteiger partial charge in [0.05, 0.1) is 11.8 Å². The molecule has 0 spiro atoms. The lowest BCUT2D eigenvalue weighted by Gasteiger charge is -2.37. The Balaban J connectivity index is 1.79. The van der Waals surface area contributed by atoms with Crippen molar-refractivity contribution in [3.63, 3.8) is 0 Å². The summed E-state index contributed by atoms with van der Waals surface area (Å²) in [5.41, 5.74) is 0. The van der Waals surface area contributed by atoms with Crippen molar-refractivity contribution in [2.24, 2.45) is 17.0 Å². The highest BCUT2D eigenvalue weighted by atomic mass is 32.2. The summed E-state index contributed by atoms with van der Waals surface area (Å²) in [6.45, 7) is 5.68. The van der Waals surface area contributed by atoms with E-state index >= 15 is 0 Å². The van der Waals surface area contributed by atoms with Gasteiger partial charge < -0.3 is 5.32 Å². The average Bonchev–Trinajstić information content (AvgIpc) is 2.48. The topological polar surface area (TPSA) is 92.5 Å². The van der Waals surface area contributed by atoms with Gasteiger partial charge in [0.2, 0.25) is 15.9 Å². The van der Waals surface area contributed by atoms with Crippen LogP contribution in [-0.4, -0.2) is 50.2 Å². The van der Waals surface area contributed by atoms with Crippen LogP contribution in [0.4, 0.5) is 0 Å². The van der Waals surface area contributed by atoms with Crippen molar-refractivity contribution in [1.29, 1.82) is 0 Å². The minimum Gasteiger partial charge on any atom is -0.352 e. The lowest BCUT2D eigenvalue weighted by molar-refractivity contribution is -0.127. The molecule has 2 rings (SSSR count). The quantitative estimate of drug-likeness (QED) is 0.779. The fraction of sp³-hybridized carbons (Fsp3) is 0.938. The molecule has 0 aromatic heterocycles. The maximum atomic E-state index is 12.5. The van der Waals surface area contributed by atoms with Crippen LogP contribution in [0.1, 0.15) is 52.4 Å². The van der Waals surface area contributed by atoms with Gasteiger partial charge in [-0.2, -0.15) is 0 Å². The van der Waals surface area contributed by atoms with E-state index in [9.17, 15) is 13.2 Å². The van der Waals surface area contributed by atoms with Crippen LogP contribution in [0, 0.1) is 11.8 Å². The van der Waals surface area contributed by atoms with Crippen molar-refractivity contribution in [3.05, 3.63) is 0 Å². The molecule has 1 aliphatic heterocycles. The molecular formula is C16H31N3O3S. The van der Waals surface area contributed by atoms with Crippen LogP contribution in [0.2, 0.25) is 0 Å². The Hall–Kier alpha value is -0.660. The predicted molar refractivity (Wildman–Crippen MR) is 91.3 cm³/mol. The molecule has 2 fully saturated rings. The molecule has 1 saturated heterocycles. The third kappa shape index (κ3) is 5.72. The SMILES string of the molecule is CC1CCCCC1NC(=O)C(C)N1CCC(CS(N)(=O)=O)CC1. The third-order valence-corrected chi connectivity index (χ3v) is 6.42. The maximum absolute atomic E-state index is 12.5. The summed E-state index contributed by atoms with van der Waals surface area (Å²) in [7, 11) is -3.40. The number of carbonyl (C=O) groups is 1. The summed E-state index contributed by atoms with van der Waals surface area (Å²) >= 11 is 0. The molecule has 0 aromatic carbocycles. The molecule has 3 N–H and O–H groups in total. The normalized spacial score (nSPS) is 29.2. The molecule has 6 nitrogen and oxygen atoms in total. The smallest absolute Gasteiger partial charge is 0.237 e. The number of piperidine rings is 1. The summed E-state index contributed by atoms with van der Waals surface area (Å²) in [6, 6.07) is 0.151. The molecule has 0 aromatic rings. The predicted octanol–water partition coefficient (Wildman–Crippen LogP) is 1.07. The first kappa shape index (κ1) is 18.7. The van der Waals surface area contributed by atoms with Crippen molar-refractivity contribution in [1.82, 2.24) is 10.2 Å². The number of likely N-dealkylation sites (tertiary alicyclic amines) is 1. The molecule has 0 bridgehead atoms. The summed E-state index contributed by atoms with van der Waals surface area (Å²) in [5.74, 6) is 0.838. The summed E-state index contributed by atoms with van der Waals surface area (Å²) in [4.78, 5) is 14.7. The van der Waals surface area contributed by atoms with E-state index in [1.54, 1.807) is 0 Å². The third-order valence-electron chi connectivity index (χ3n) is 5.48. The monoisotopic (exact) mass is 345 g/mol. The Morgan fingerprint density at radius 2 is 1.83 bits per heavy atom. The number of hydrogen-bond acceptors (Lipinski definition) is 4. The Morgan fingerprint density at radius 1 is 1.22 bits per heavy atom. The summed E-state index contributed by atoms with van der Waals surface area (Å²) < 4.78 is 22.4. The van der Waals surface area contributed by atoms with E-state index in [-0.39, 0.29) is 23.6 Å². The van der Waals surface area contributed by atoms with Gasteiger partial charge in [-0.25, -0.2) is 13.6 Å². The number of nitrogens with one attached hydrogen (secondary N) is 1. The first-order chi connectivity index (χ1) is 10.8. The molecule has 1 aliphatic carbocycles. The number of rotatable bonds is 5. The zero-order valence-corrected chi connectivity index (χ0v) is 15.1. The van der Waals surface area contributed by atoms with Gasteiger partial charge in [-0.15, -0.1) is 0 Å². The molecule has 2 aliphatic rings. The van der Waals surface area contributed by atoms with Gasteiger partial charge in [0.1, 0.15) is 0 Å². The van der Waals surface area contributed by atoms with Crippen molar-refractivity contribution in [3.8, 4) is 0 Å². The second-order valence-corrected chi connectivity index (χ2v) is 9.02. The second kappa shape index (κ2) is 7.94. The van der Waals surface area contributed by atoms with Crippen LogP contribution in [0.25, 0.3) is 0 Å². The lowest BCUT2D eigenvalue weighted by atomic mass is 9.86.